The number of aliphatic hydroxyl groups is 5. The van der Waals surface area contributed by atoms with E-state index in [4.69, 9.17) is 23.7 Å². The summed E-state index contributed by atoms with van der Waals surface area (Å²) >= 11 is 0. The van der Waals surface area contributed by atoms with Crippen molar-refractivity contribution in [3.8, 4) is 0 Å². The molecule has 1 unspecified atom stereocenters. The van der Waals surface area contributed by atoms with Crippen molar-refractivity contribution in [2.75, 3.05) is 33.9 Å². The van der Waals surface area contributed by atoms with E-state index in [1.54, 1.807) is 39.5 Å². The fourth-order valence-electron chi connectivity index (χ4n) is 14.4. The summed E-state index contributed by atoms with van der Waals surface area (Å²) in [7, 11) is 3.05. The summed E-state index contributed by atoms with van der Waals surface area (Å²) < 4.78 is 32.2. The van der Waals surface area contributed by atoms with E-state index < -0.39 is 103 Å². The van der Waals surface area contributed by atoms with Crippen LogP contribution in [0.25, 0.3) is 0 Å². The first kappa shape index (κ1) is 66.8. The predicted octanol–water partition coefficient (Wildman–Crippen LogP) is 8.31. The first-order chi connectivity index (χ1) is 38.3. The Morgan fingerprint density at radius 3 is 1.77 bits per heavy atom. The van der Waals surface area contributed by atoms with Gasteiger partial charge in [-0.1, -0.05) is 27.7 Å². The number of cyclic esters (lactones) is 1. The van der Waals surface area contributed by atoms with E-state index in [1.807, 2.05) is 46.7 Å². The molecule has 0 spiro atoms. The number of rotatable bonds is 20. The van der Waals surface area contributed by atoms with Crippen LogP contribution in [0.4, 0.5) is 0 Å². The zero-order chi connectivity index (χ0) is 59.5. The molecule has 14 nitrogen and oxygen atoms in total. The second kappa shape index (κ2) is 29.6. The number of unbranched alkanes of at least 4 members (excludes halogenated alkanes) is 7. The molecule has 3 heterocycles. The molecule has 1 amide bonds. The number of hydrogen-bond acceptors (Lipinski definition) is 13. The number of hydrogen-bond donors (Lipinski definition) is 5. The zero-order valence-corrected chi connectivity index (χ0v) is 52.4. The average molecular weight is 1150 g/mol. The molecule has 3 aromatic carbocycles. The fourth-order valence-corrected chi connectivity index (χ4v) is 19.3. The molecular formula is C66H105N2O12P. The topological polar surface area (TPSA) is 188 Å². The average Bonchev–Trinajstić information content (AvgIpc) is 3.47. The van der Waals surface area contributed by atoms with Crippen molar-refractivity contribution < 1.29 is 58.8 Å². The van der Waals surface area contributed by atoms with Crippen molar-refractivity contribution >= 4 is 35.1 Å². The second-order valence-electron chi connectivity index (χ2n) is 25.7. The SMILES string of the molecule is CC[C@H]1OC(=O)[C@H](C)C([C@H]2C[C@@](C)(OC)[C@@H](O)[C@H](C)O2)[C@H](C)[C@@H](O[C@@H]2O[C@H](C)C[C@H](N(C)C)[C@H]2O)[C@](C)(O)C[C@@H](C)CN(C(=O)CCCCCCCCCC[PH](c2ccccc2)(c2ccccc2)c2ccccc2)[C@H](C)[C@@H](O)[C@]1(C)O. The van der Waals surface area contributed by atoms with Crippen LogP contribution in [0.5, 0.6) is 0 Å². The number of amides is 1. The van der Waals surface area contributed by atoms with Crippen LogP contribution >= 0.6 is 7.26 Å². The van der Waals surface area contributed by atoms with Gasteiger partial charge in [0.05, 0.1) is 47.6 Å². The number of esters is 1. The van der Waals surface area contributed by atoms with E-state index in [0.29, 0.717) is 12.8 Å². The Morgan fingerprint density at radius 2 is 1.26 bits per heavy atom. The van der Waals surface area contributed by atoms with E-state index in [9.17, 15) is 35.1 Å². The molecule has 0 radical (unpaired) electrons. The van der Waals surface area contributed by atoms with Gasteiger partial charge in [0.15, 0.2) is 6.29 Å². The van der Waals surface area contributed by atoms with Gasteiger partial charge in [-0.2, -0.15) is 0 Å². The minimum Gasteiger partial charge on any atom is -0.388 e. The third kappa shape index (κ3) is 15.9. The molecular weight excluding hydrogens is 1040 g/mol. The Hall–Kier alpha value is -3.37. The van der Waals surface area contributed by atoms with E-state index >= 15 is 0 Å². The van der Waals surface area contributed by atoms with Gasteiger partial charge in [-0.15, -0.1) is 0 Å². The van der Waals surface area contributed by atoms with E-state index in [-0.39, 0.29) is 56.2 Å². The minimum atomic E-state index is -2.27. The Balaban J connectivity index is 1.18. The molecule has 3 aliphatic heterocycles. The summed E-state index contributed by atoms with van der Waals surface area (Å²) in [4.78, 5) is 33.1. The van der Waals surface area contributed by atoms with Gasteiger partial charge >= 0.3 is 200 Å². The van der Waals surface area contributed by atoms with Gasteiger partial charge < -0.3 is 54.1 Å². The molecule has 3 aromatic rings. The molecule has 456 valence electrons. The number of carbonyl (C=O) groups excluding carboxylic acids is 2. The molecule has 0 bridgehead atoms. The maximum Gasteiger partial charge on any atom is 0.126 e. The molecule has 18 atom stereocenters. The van der Waals surface area contributed by atoms with Crippen molar-refractivity contribution in [3.05, 3.63) is 91.0 Å². The number of ether oxygens (including phenoxy) is 5. The fraction of sp³-hybridized carbons (Fsp3) is 0.697. The molecule has 6 rings (SSSR count). The summed E-state index contributed by atoms with van der Waals surface area (Å²) in [5.74, 6) is -3.63. The monoisotopic (exact) mass is 1150 g/mol. The van der Waals surface area contributed by atoms with Crippen LogP contribution in [0.15, 0.2) is 91.0 Å². The summed E-state index contributed by atoms with van der Waals surface area (Å²) in [6.45, 7) is 17.9. The van der Waals surface area contributed by atoms with E-state index in [0.717, 1.165) is 51.1 Å². The molecule has 3 saturated heterocycles. The number of methoxy groups -OCH3 is 1. The quantitative estimate of drug-likeness (QED) is 0.0414. The molecule has 15 heteroatoms. The summed E-state index contributed by atoms with van der Waals surface area (Å²) in [6.07, 6.45) is 1.71. The van der Waals surface area contributed by atoms with Crippen molar-refractivity contribution in [3.63, 3.8) is 0 Å². The Kier molecular flexibility index (Phi) is 24.4. The molecule has 5 N–H and O–H groups in total. The Morgan fingerprint density at radius 1 is 0.741 bits per heavy atom. The normalized spacial score (nSPS) is 36.1. The molecule has 3 fully saturated rings. The van der Waals surface area contributed by atoms with Gasteiger partial charge in [-0.3, -0.25) is 4.79 Å². The van der Waals surface area contributed by atoms with Crippen molar-refractivity contribution in [2.45, 2.75) is 237 Å². The second-order valence-corrected chi connectivity index (χ2v) is 29.7. The van der Waals surface area contributed by atoms with Crippen LogP contribution < -0.4 is 15.9 Å². The van der Waals surface area contributed by atoms with Crippen molar-refractivity contribution in [1.82, 2.24) is 9.80 Å². The molecule has 0 saturated carbocycles. The maximum atomic E-state index is 14.8. The number of nitrogens with zero attached hydrogens (tertiary/aromatic N) is 2. The predicted molar refractivity (Wildman–Crippen MR) is 325 cm³/mol. The van der Waals surface area contributed by atoms with Crippen LogP contribution in [-0.2, 0) is 33.3 Å². The number of benzene rings is 3. The smallest absolute Gasteiger partial charge is 0.126 e. The summed E-state index contributed by atoms with van der Waals surface area (Å²) in [5, 5.41) is 65.2. The van der Waals surface area contributed by atoms with Crippen molar-refractivity contribution in [2.24, 2.45) is 23.7 Å². The Labute approximate surface area is 487 Å². The standard InChI is InChI=1S/C66H105N2O12P/c1-14-55-66(10,75)59(71)48(6)68(56(69)38-30-19-17-15-16-18-20-31-39-81(50-32-24-21-25-33-50,51-34-26-22-27-35-51)52-36-28-23-29-37-52)43-44(2)41-64(8,74)61(80-63-58(70)53(67(11)12)40-45(3)77-63)46(4)57(47(5)62(73)79-55)54-42-65(9,76-13)60(72)49(7)78-54/h21-29,32-37,44-49,53-55,57-61,63,70-72,74-75,81H,14-20,30-31,38-43H2,1-13H3/t44-,45-,46+,47-,48-,49+,53+,54-,55-,57?,58-,59-,60+,61-,63+,64-,65-,66-/m1/s1. The van der Waals surface area contributed by atoms with Gasteiger partial charge in [-0.05, 0) is 86.7 Å². The number of carbonyl (C=O) groups is 2. The Bertz CT molecular complexity index is 2270. The first-order valence-corrected chi connectivity index (χ1v) is 32.9. The molecule has 81 heavy (non-hydrogen) atoms. The van der Waals surface area contributed by atoms with Gasteiger partial charge in [0.2, 0.25) is 0 Å². The molecule has 3 aliphatic rings. The number of aliphatic hydroxyl groups excluding tert-OH is 3. The molecule has 0 aliphatic carbocycles. The minimum absolute atomic E-state index is 0.105. The van der Waals surface area contributed by atoms with E-state index in [2.05, 4.69) is 91.0 Å². The summed E-state index contributed by atoms with van der Waals surface area (Å²) in [5.41, 5.74) is -4.72. The van der Waals surface area contributed by atoms with E-state index in [1.165, 1.54) is 29.9 Å². The van der Waals surface area contributed by atoms with Gasteiger partial charge in [0, 0.05) is 32.0 Å². The first-order valence-electron chi connectivity index (χ1n) is 30.7. The third-order valence-corrected chi connectivity index (χ3v) is 24.1. The third-order valence-electron chi connectivity index (χ3n) is 19.1. The van der Waals surface area contributed by atoms with Crippen molar-refractivity contribution in [1.29, 1.82) is 0 Å². The van der Waals surface area contributed by atoms with Gasteiger partial charge in [0.25, 0.3) is 0 Å². The van der Waals surface area contributed by atoms with Crippen LogP contribution in [0.2, 0.25) is 0 Å². The molecule has 0 aromatic heterocycles. The number of likely N-dealkylation sites (N-methyl/N-ethyl adjacent to an activating group) is 1. The van der Waals surface area contributed by atoms with Gasteiger partial charge in [0.1, 0.15) is 30.0 Å². The van der Waals surface area contributed by atoms with Crippen LogP contribution in [0, 0.1) is 23.7 Å². The van der Waals surface area contributed by atoms with Crippen LogP contribution in [0.1, 0.15) is 153 Å². The van der Waals surface area contributed by atoms with Crippen LogP contribution in [0.3, 0.4) is 0 Å². The van der Waals surface area contributed by atoms with Crippen LogP contribution in [-0.4, -0.2) is 165 Å². The zero-order valence-electron chi connectivity index (χ0n) is 51.4. The largest absolute Gasteiger partial charge is 0.388 e. The maximum absolute atomic E-state index is 14.8. The van der Waals surface area contributed by atoms with Gasteiger partial charge in [-0.25, -0.2) is 0 Å². The summed E-state index contributed by atoms with van der Waals surface area (Å²) in [6, 6.07) is 32.0.